The summed E-state index contributed by atoms with van der Waals surface area (Å²) in [5.74, 6) is 1.64. The van der Waals surface area contributed by atoms with Crippen LogP contribution in [0.4, 0.5) is 0 Å². The van der Waals surface area contributed by atoms with Crippen LogP contribution in [0.25, 0.3) is 11.4 Å². The van der Waals surface area contributed by atoms with Gasteiger partial charge in [0.05, 0.1) is 0 Å². The number of benzene rings is 2. The summed E-state index contributed by atoms with van der Waals surface area (Å²) < 4.78 is 1.81. The average Bonchev–Trinajstić information content (AvgIpc) is 2.90. The molecule has 0 bridgehead atoms. The van der Waals surface area contributed by atoms with Crippen LogP contribution in [-0.2, 0) is 13.5 Å². The van der Waals surface area contributed by atoms with Crippen LogP contribution >= 0.6 is 0 Å². The van der Waals surface area contributed by atoms with Crippen molar-refractivity contribution in [1.29, 1.82) is 0 Å². The molecule has 4 nitrogen and oxygen atoms in total. The zero-order valence-electron chi connectivity index (χ0n) is 12.0. The summed E-state index contributed by atoms with van der Waals surface area (Å²) in [6.07, 6.45) is 0.667. The molecule has 0 saturated heterocycles. The zero-order valence-corrected chi connectivity index (χ0v) is 12.0. The van der Waals surface area contributed by atoms with Gasteiger partial charge in [0.15, 0.2) is 5.82 Å². The molecule has 2 N–H and O–H groups in total. The van der Waals surface area contributed by atoms with Gasteiger partial charge in [0.2, 0.25) is 0 Å². The predicted octanol–water partition coefficient (Wildman–Crippen LogP) is 2.72. The third-order valence-corrected chi connectivity index (χ3v) is 3.52. The van der Waals surface area contributed by atoms with E-state index in [0.29, 0.717) is 6.42 Å². The van der Waals surface area contributed by atoms with Crippen LogP contribution < -0.4 is 5.73 Å². The molecule has 0 spiro atoms. The molecule has 0 saturated carbocycles. The van der Waals surface area contributed by atoms with Gasteiger partial charge in [-0.15, -0.1) is 0 Å². The van der Waals surface area contributed by atoms with Crippen molar-refractivity contribution in [3.63, 3.8) is 0 Å². The lowest BCUT2D eigenvalue weighted by atomic mass is 10.0. The van der Waals surface area contributed by atoms with E-state index in [-0.39, 0.29) is 6.04 Å². The van der Waals surface area contributed by atoms with Crippen LogP contribution in [0.15, 0.2) is 60.7 Å². The van der Waals surface area contributed by atoms with Gasteiger partial charge in [-0.1, -0.05) is 60.7 Å². The molecular formula is C17H18N4. The molecule has 3 aromatic rings. The number of aromatic nitrogens is 3. The van der Waals surface area contributed by atoms with E-state index in [2.05, 4.69) is 10.1 Å². The zero-order chi connectivity index (χ0) is 14.7. The molecule has 0 aliphatic carbocycles. The van der Waals surface area contributed by atoms with Crippen molar-refractivity contribution in [3.05, 3.63) is 72.1 Å². The fourth-order valence-corrected chi connectivity index (χ4v) is 2.32. The lowest BCUT2D eigenvalue weighted by Gasteiger charge is -2.10. The highest BCUT2D eigenvalue weighted by atomic mass is 15.3. The van der Waals surface area contributed by atoms with Gasteiger partial charge in [0.1, 0.15) is 5.82 Å². The molecule has 0 amide bonds. The molecule has 2 aromatic carbocycles. The Labute approximate surface area is 124 Å². The summed E-state index contributed by atoms with van der Waals surface area (Å²) in [5.41, 5.74) is 8.40. The molecule has 0 fully saturated rings. The number of hydrogen-bond acceptors (Lipinski definition) is 3. The van der Waals surface area contributed by atoms with E-state index < -0.39 is 0 Å². The fourth-order valence-electron chi connectivity index (χ4n) is 2.32. The van der Waals surface area contributed by atoms with Gasteiger partial charge < -0.3 is 5.73 Å². The van der Waals surface area contributed by atoms with Crippen molar-refractivity contribution in [2.24, 2.45) is 12.8 Å². The summed E-state index contributed by atoms with van der Waals surface area (Å²) in [5, 5.41) is 4.48. The second-order valence-electron chi connectivity index (χ2n) is 5.06. The molecule has 0 aliphatic rings. The number of hydrogen-bond donors (Lipinski definition) is 1. The Bertz CT molecular complexity index is 704. The Morgan fingerprint density at radius 3 is 2.29 bits per heavy atom. The van der Waals surface area contributed by atoms with E-state index in [4.69, 9.17) is 5.73 Å². The molecule has 21 heavy (non-hydrogen) atoms. The van der Waals surface area contributed by atoms with Crippen LogP contribution in [0.5, 0.6) is 0 Å². The maximum atomic E-state index is 6.26. The largest absolute Gasteiger partial charge is 0.324 e. The van der Waals surface area contributed by atoms with E-state index in [1.165, 1.54) is 0 Å². The SMILES string of the molecule is Cn1nc(-c2ccccc2)nc1CC(N)c1ccccc1. The van der Waals surface area contributed by atoms with E-state index in [1.807, 2.05) is 72.4 Å². The quantitative estimate of drug-likeness (QED) is 0.798. The van der Waals surface area contributed by atoms with Crippen molar-refractivity contribution in [3.8, 4) is 11.4 Å². The minimum Gasteiger partial charge on any atom is -0.324 e. The van der Waals surface area contributed by atoms with E-state index in [0.717, 1.165) is 22.8 Å². The minimum atomic E-state index is -0.0716. The summed E-state index contributed by atoms with van der Waals surface area (Å²) in [7, 11) is 1.91. The Morgan fingerprint density at radius 1 is 1.00 bits per heavy atom. The topological polar surface area (TPSA) is 56.7 Å². The predicted molar refractivity (Wildman–Crippen MR) is 83.5 cm³/mol. The first-order chi connectivity index (χ1) is 10.2. The normalized spacial score (nSPS) is 12.3. The minimum absolute atomic E-state index is 0.0716. The smallest absolute Gasteiger partial charge is 0.181 e. The van der Waals surface area contributed by atoms with Crippen molar-refractivity contribution >= 4 is 0 Å². The van der Waals surface area contributed by atoms with E-state index in [1.54, 1.807) is 0 Å². The second-order valence-corrected chi connectivity index (χ2v) is 5.06. The van der Waals surface area contributed by atoms with Gasteiger partial charge >= 0.3 is 0 Å². The van der Waals surface area contributed by atoms with Crippen LogP contribution in [0.3, 0.4) is 0 Å². The van der Waals surface area contributed by atoms with Crippen LogP contribution in [0.2, 0.25) is 0 Å². The van der Waals surface area contributed by atoms with E-state index >= 15 is 0 Å². The first kappa shape index (κ1) is 13.5. The van der Waals surface area contributed by atoms with Crippen LogP contribution in [-0.4, -0.2) is 14.8 Å². The molecular weight excluding hydrogens is 260 g/mol. The number of nitrogens with two attached hydrogens (primary N) is 1. The molecule has 0 aliphatic heterocycles. The molecule has 0 radical (unpaired) electrons. The van der Waals surface area contributed by atoms with Gasteiger partial charge in [-0.2, -0.15) is 5.10 Å². The molecule has 1 heterocycles. The first-order valence-corrected chi connectivity index (χ1v) is 7.00. The van der Waals surface area contributed by atoms with Crippen molar-refractivity contribution in [1.82, 2.24) is 14.8 Å². The summed E-state index contributed by atoms with van der Waals surface area (Å²) in [6, 6.07) is 20.0. The third-order valence-electron chi connectivity index (χ3n) is 3.52. The van der Waals surface area contributed by atoms with Crippen LogP contribution in [0, 0.1) is 0 Å². The third kappa shape index (κ3) is 3.01. The number of rotatable bonds is 4. The van der Waals surface area contributed by atoms with Gasteiger partial charge in [0, 0.05) is 25.1 Å². The van der Waals surface area contributed by atoms with E-state index in [9.17, 15) is 0 Å². The highest BCUT2D eigenvalue weighted by molar-refractivity contribution is 5.54. The Hall–Kier alpha value is -2.46. The van der Waals surface area contributed by atoms with Gasteiger partial charge in [-0.05, 0) is 5.56 Å². The molecule has 4 heteroatoms. The molecule has 1 aromatic heterocycles. The molecule has 106 valence electrons. The molecule has 1 atom stereocenters. The monoisotopic (exact) mass is 278 g/mol. The highest BCUT2D eigenvalue weighted by Crippen LogP contribution is 2.18. The average molecular weight is 278 g/mol. The van der Waals surface area contributed by atoms with Crippen molar-refractivity contribution in [2.75, 3.05) is 0 Å². The lowest BCUT2D eigenvalue weighted by Crippen LogP contribution is -2.15. The summed E-state index contributed by atoms with van der Waals surface area (Å²) in [4.78, 5) is 4.62. The Morgan fingerprint density at radius 2 is 1.62 bits per heavy atom. The Kier molecular flexibility index (Phi) is 3.79. The first-order valence-electron chi connectivity index (χ1n) is 7.00. The Balaban J connectivity index is 1.82. The molecule has 1 unspecified atom stereocenters. The van der Waals surface area contributed by atoms with Gasteiger partial charge in [0.25, 0.3) is 0 Å². The van der Waals surface area contributed by atoms with Crippen molar-refractivity contribution < 1.29 is 0 Å². The van der Waals surface area contributed by atoms with Crippen LogP contribution in [0.1, 0.15) is 17.4 Å². The highest BCUT2D eigenvalue weighted by Gasteiger charge is 2.13. The summed E-state index contributed by atoms with van der Waals surface area (Å²) >= 11 is 0. The van der Waals surface area contributed by atoms with Gasteiger partial charge in [-0.25, -0.2) is 4.98 Å². The van der Waals surface area contributed by atoms with Crippen molar-refractivity contribution in [2.45, 2.75) is 12.5 Å². The fraction of sp³-hybridized carbons (Fsp3) is 0.176. The standard InChI is InChI=1S/C17H18N4/c1-21-16(12-15(18)13-8-4-2-5-9-13)19-17(20-21)14-10-6-3-7-11-14/h2-11,15H,12,18H2,1H3. The summed E-state index contributed by atoms with van der Waals surface area (Å²) in [6.45, 7) is 0. The number of aryl methyl sites for hydroxylation is 1. The number of nitrogens with zero attached hydrogens (tertiary/aromatic N) is 3. The maximum Gasteiger partial charge on any atom is 0.181 e. The van der Waals surface area contributed by atoms with Gasteiger partial charge in [-0.3, -0.25) is 4.68 Å². The lowest BCUT2D eigenvalue weighted by molar-refractivity contribution is 0.630. The maximum absolute atomic E-state index is 6.26. The molecule has 3 rings (SSSR count). The second kappa shape index (κ2) is 5.89.